The molecule has 8 heteroatoms. The number of rotatable bonds is 6. The van der Waals surface area contributed by atoms with Crippen molar-refractivity contribution in [3.8, 4) is 17.0 Å². The SMILES string of the molecule is C[C@@H]1CN([C@@H](C)CO)C(=O)c2cc(-c3ccc(F)cc3)cnc2O[C@H]1CN(C)C(=O)C1CCC1. The monoisotopic (exact) mass is 469 g/mol. The third-order valence-corrected chi connectivity index (χ3v) is 6.98. The Kier molecular flexibility index (Phi) is 7.16. The number of ether oxygens (including phenoxy) is 1. The second-order valence-corrected chi connectivity index (χ2v) is 9.55. The number of aliphatic hydroxyl groups is 1. The number of amides is 2. The van der Waals surface area contributed by atoms with Crippen LogP contribution in [0.5, 0.6) is 5.88 Å². The average molecular weight is 470 g/mol. The average Bonchev–Trinajstić information content (AvgIpc) is 2.79. The fraction of sp³-hybridized carbons (Fsp3) is 0.500. The smallest absolute Gasteiger partial charge is 0.259 e. The molecular formula is C26H32FN3O4. The van der Waals surface area contributed by atoms with E-state index in [1.54, 1.807) is 48.2 Å². The zero-order valence-corrected chi connectivity index (χ0v) is 19.9. The predicted molar refractivity (Wildman–Crippen MR) is 126 cm³/mol. The number of nitrogens with zero attached hydrogens (tertiary/aromatic N) is 3. The molecule has 0 bridgehead atoms. The molecule has 34 heavy (non-hydrogen) atoms. The highest BCUT2D eigenvalue weighted by Crippen LogP contribution is 2.31. The van der Waals surface area contributed by atoms with Gasteiger partial charge >= 0.3 is 0 Å². The van der Waals surface area contributed by atoms with Gasteiger partial charge in [-0.2, -0.15) is 0 Å². The minimum Gasteiger partial charge on any atom is -0.472 e. The minimum atomic E-state index is -0.398. The molecule has 0 saturated heterocycles. The number of benzene rings is 1. The molecule has 7 nitrogen and oxygen atoms in total. The van der Waals surface area contributed by atoms with Crippen LogP contribution in [0, 0.1) is 17.7 Å². The molecule has 1 fully saturated rings. The number of likely N-dealkylation sites (N-methyl/N-ethyl adjacent to an activating group) is 1. The summed E-state index contributed by atoms with van der Waals surface area (Å²) in [6.07, 6.45) is 4.17. The number of hydrogen-bond donors (Lipinski definition) is 1. The molecule has 1 aromatic heterocycles. The van der Waals surface area contributed by atoms with Crippen LogP contribution in [0.15, 0.2) is 36.5 Å². The Hall–Kier alpha value is -3.00. The fourth-order valence-corrected chi connectivity index (χ4v) is 4.45. The van der Waals surface area contributed by atoms with Crippen molar-refractivity contribution in [2.45, 2.75) is 45.3 Å². The number of aromatic nitrogens is 1. The van der Waals surface area contributed by atoms with Crippen LogP contribution in [0.2, 0.25) is 0 Å². The molecule has 182 valence electrons. The fourth-order valence-electron chi connectivity index (χ4n) is 4.45. The molecule has 3 atom stereocenters. The van der Waals surface area contributed by atoms with Gasteiger partial charge < -0.3 is 19.6 Å². The quantitative estimate of drug-likeness (QED) is 0.702. The Balaban J connectivity index is 1.67. The lowest BCUT2D eigenvalue weighted by atomic mass is 9.84. The summed E-state index contributed by atoms with van der Waals surface area (Å²) in [5.74, 6) is -0.307. The molecule has 2 amide bonds. The molecule has 1 aromatic carbocycles. The summed E-state index contributed by atoms with van der Waals surface area (Å²) in [5.41, 5.74) is 1.67. The number of pyridine rings is 1. The first-order chi connectivity index (χ1) is 16.3. The summed E-state index contributed by atoms with van der Waals surface area (Å²) >= 11 is 0. The lowest BCUT2D eigenvalue weighted by Crippen LogP contribution is -2.51. The molecule has 1 N–H and O–H groups in total. The second kappa shape index (κ2) is 10.1. The van der Waals surface area contributed by atoms with Crippen molar-refractivity contribution >= 4 is 11.8 Å². The predicted octanol–water partition coefficient (Wildman–Crippen LogP) is 3.37. The second-order valence-electron chi connectivity index (χ2n) is 9.55. The maximum Gasteiger partial charge on any atom is 0.259 e. The Bertz CT molecular complexity index is 1040. The standard InChI is InChI=1S/C26H32FN3O4/c1-16-13-30(17(2)15-31)26(33)22-11-20(18-7-9-21(27)10-8-18)12-28-24(22)34-23(16)14-29(3)25(32)19-5-4-6-19/h7-12,16-17,19,23,31H,4-6,13-15H2,1-3H3/t16-,17+,23+/m1/s1. The van der Waals surface area contributed by atoms with Crippen molar-refractivity contribution < 1.29 is 23.8 Å². The van der Waals surface area contributed by atoms with Crippen LogP contribution in [0.4, 0.5) is 4.39 Å². The third kappa shape index (κ3) is 4.92. The van der Waals surface area contributed by atoms with Crippen LogP contribution in [-0.4, -0.2) is 70.6 Å². The largest absolute Gasteiger partial charge is 0.472 e. The maximum absolute atomic E-state index is 13.5. The Labute approximate surface area is 199 Å². The molecule has 2 aromatic rings. The van der Waals surface area contributed by atoms with E-state index >= 15 is 0 Å². The van der Waals surface area contributed by atoms with Gasteiger partial charge in [-0.3, -0.25) is 9.59 Å². The molecule has 4 rings (SSSR count). The van der Waals surface area contributed by atoms with E-state index in [-0.39, 0.29) is 53.6 Å². The van der Waals surface area contributed by atoms with Crippen LogP contribution in [0.25, 0.3) is 11.1 Å². The summed E-state index contributed by atoms with van der Waals surface area (Å²) in [6.45, 7) is 4.36. The molecular weight excluding hydrogens is 437 g/mol. The highest BCUT2D eigenvalue weighted by molar-refractivity contribution is 5.98. The first kappa shape index (κ1) is 24.1. The molecule has 0 spiro atoms. The topological polar surface area (TPSA) is 83.0 Å². The summed E-state index contributed by atoms with van der Waals surface area (Å²) in [7, 11) is 1.79. The van der Waals surface area contributed by atoms with E-state index in [9.17, 15) is 19.1 Å². The van der Waals surface area contributed by atoms with Gasteiger partial charge in [0.25, 0.3) is 5.91 Å². The first-order valence-corrected chi connectivity index (χ1v) is 11.9. The molecule has 1 saturated carbocycles. The zero-order chi connectivity index (χ0) is 24.4. The molecule has 0 unspecified atom stereocenters. The number of hydrogen-bond acceptors (Lipinski definition) is 5. The van der Waals surface area contributed by atoms with Crippen LogP contribution in [0.3, 0.4) is 0 Å². The van der Waals surface area contributed by atoms with E-state index in [2.05, 4.69) is 4.98 Å². The van der Waals surface area contributed by atoms with Gasteiger partial charge in [0.2, 0.25) is 11.8 Å². The Morgan fingerprint density at radius 2 is 2.00 bits per heavy atom. The van der Waals surface area contributed by atoms with Crippen molar-refractivity contribution in [3.05, 3.63) is 47.9 Å². The van der Waals surface area contributed by atoms with E-state index in [4.69, 9.17) is 4.74 Å². The van der Waals surface area contributed by atoms with Gasteiger partial charge in [0, 0.05) is 37.2 Å². The number of carbonyl (C=O) groups is 2. The molecule has 1 aliphatic carbocycles. The zero-order valence-electron chi connectivity index (χ0n) is 19.9. The lowest BCUT2D eigenvalue weighted by Gasteiger charge is -2.38. The molecule has 1 aliphatic heterocycles. The van der Waals surface area contributed by atoms with E-state index in [1.807, 2.05) is 6.92 Å². The molecule has 0 radical (unpaired) electrons. The van der Waals surface area contributed by atoms with Gasteiger partial charge in [0.05, 0.1) is 19.2 Å². The number of halogens is 1. The van der Waals surface area contributed by atoms with E-state index < -0.39 is 6.04 Å². The van der Waals surface area contributed by atoms with Gasteiger partial charge in [-0.25, -0.2) is 9.37 Å². The van der Waals surface area contributed by atoms with Crippen LogP contribution >= 0.6 is 0 Å². The van der Waals surface area contributed by atoms with Gasteiger partial charge in [0.1, 0.15) is 17.5 Å². The van der Waals surface area contributed by atoms with Gasteiger partial charge in [0.15, 0.2) is 0 Å². The minimum absolute atomic E-state index is 0.0880. The van der Waals surface area contributed by atoms with Gasteiger partial charge in [-0.1, -0.05) is 25.5 Å². The van der Waals surface area contributed by atoms with Crippen molar-refractivity contribution in [1.29, 1.82) is 0 Å². The number of aliphatic hydroxyl groups excluding tert-OH is 1. The van der Waals surface area contributed by atoms with Crippen molar-refractivity contribution in [2.24, 2.45) is 11.8 Å². The van der Waals surface area contributed by atoms with Crippen LogP contribution < -0.4 is 4.74 Å². The van der Waals surface area contributed by atoms with Crippen molar-refractivity contribution in [1.82, 2.24) is 14.8 Å². The highest BCUT2D eigenvalue weighted by Gasteiger charge is 2.36. The van der Waals surface area contributed by atoms with Gasteiger partial charge in [-0.15, -0.1) is 0 Å². The summed E-state index contributed by atoms with van der Waals surface area (Å²) in [6, 6.07) is 7.28. The molecule has 2 heterocycles. The highest BCUT2D eigenvalue weighted by atomic mass is 19.1. The van der Waals surface area contributed by atoms with Crippen molar-refractivity contribution in [2.75, 3.05) is 26.7 Å². The van der Waals surface area contributed by atoms with E-state index in [0.29, 0.717) is 18.7 Å². The Morgan fingerprint density at radius 3 is 2.62 bits per heavy atom. The Morgan fingerprint density at radius 1 is 1.29 bits per heavy atom. The van der Waals surface area contributed by atoms with E-state index in [1.165, 1.54) is 12.1 Å². The van der Waals surface area contributed by atoms with Gasteiger partial charge in [-0.05, 0) is 43.5 Å². The third-order valence-electron chi connectivity index (χ3n) is 6.98. The van der Waals surface area contributed by atoms with E-state index in [0.717, 1.165) is 24.8 Å². The number of fused-ring (bicyclic) bond motifs is 1. The first-order valence-electron chi connectivity index (χ1n) is 11.9. The summed E-state index contributed by atoms with van der Waals surface area (Å²) in [4.78, 5) is 34.1. The lowest BCUT2D eigenvalue weighted by molar-refractivity contribution is -0.138. The summed E-state index contributed by atoms with van der Waals surface area (Å²) < 4.78 is 19.7. The number of carbonyl (C=O) groups excluding carboxylic acids is 2. The maximum atomic E-state index is 13.5. The van der Waals surface area contributed by atoms with Crippen LogP contribution in [-0.2, 0) is 4.79 Å². The normalized spacial score (nSPS) is 21.6. The van der Waals surface area contributed by atoms with Crippen LogP contribution in [0.1, 0.15) is 43.5 Å². The molecule has 2 aliphatic rings. The summed E-state index contributed by atoms with van der Waals surface area (Å²) in [5, 5.41) is 9.81. The van der Waals surface area contributed by atoms with Crippen molar-refractivity contribution in [3.63, 3.8) is 0 Å².